The summed E-state index contributed by atoms with van der Waals surface area (Å²) in [6.07, 6.45) is 79.1. The van der Waals surface area contributed by atoms with Crippen LogP contribution in [0.1, 0.15) is 335 Å². The molecule has 0 aromatic rings. The van der Waals surface area contributed by atoms with Crippen molar-refractivity contribution in [1.82, 2.24) is 5.32 Å². The number of quaternary nitrogens is 1. The molecule has 0 saturated carbocycles. The number of ether oxygens (including phenoxy) is 1. The zero-order valence-corrected chi connectivity index (χ0v) is 55.8. The SMILES string of the molecule is CCCCC/C=C\C/C=C\C/C=C\CCCCCCCCCCCCC(=O)OC(/C=C/CCCCCCCCCCCC)C(COP(=O)([O-])OCC[N+](C)(C)C)NC(=O)CCCCCCCCCCCCC/C=C/CCCCCCCC. The fourth-order valence-corrected chi connectivity index (χ4v) is 11.0. The van der Waals surface area contributed by atoms with E-state index in [1.54, 1.807) is 0 Å². The van der Waals surface area contributed by atoms with Gasteiger partial charge in [0.25, 0.3) is 7.82 Å². The molecule has 0 heterocycles. The first-order valence-corrected chi connectivity index (χ1v) is 36.6. The molecule has 0 aliphatic rings. The number of phosphoric acid groups is 1. The Bertz CT molecular complexity index is 1590. The fraction of sp³-hybridized carbons (Fsp3) is 0.833. The van der Waals surface area contributed by atoms with Gasteiger partial charge in [0.1, 0.15) is 19.3 Å². The Labute approximate surface area is 509 Å². The summed E-state index contributed by atoms with van der Waals surface area (Å²) in [5.74, 6) is -0.535. The van der Waals surface area contributed by atoms with E-state index >= 15 is 0 Å². The standard InChI is InChI=1S/C72H135N2O7P/c1-7-10-13-16-19-22-25-28-30-32-34-36-37-39-41-43-45-47-50-53-56-59-62-65-72(76)81-70(63-60-57-54-51-48-27-24-21-18-15-12-9-3)69(68-80-82(77,78)79-67-66-74(4,5)6)73-71(75)64-61-58-55-52-49-46-44-42-40-38-35-33-31-29-26-23-20-17-14-11-8-2/h19,22,28-31,34,36,60,63,69-70H,7-18,20-21,23-27,32-33,35,37-59,61-62,64-68H2,1-6H3,(H-,73,75,77,78)/b22-19-,30-28-,31-29+,36-34-,63-60+. The highest BCUT2D eigenvalue weighted by Crippen LogP contribution is 2.38. The minimum absolute atomic E-state index is 0.0231. The molecular weight excluding hydrogens is 1040 g/mol. The van der Waals surface area contributed by atoms with Crippen LogP contribution in [0.4, 0.5) is 0 Å². The van der Waals surface area contributed by atoms with Crippen molar-refractivity contribution in [2.45, 2.75) is 348 Å². The number of nitrogens with one attached hydrogen (secondary N) is 1. The molecule has 0 rings (SSSR count). The van der Waals surface area contributed by atoms with Gasteiger partial charge in [-0.05, 0) is 96.0 Å². The molecule has 0 fully saturated rings. The van der Waals surface area contributed by atoms with Crippen molar-refractivity contribution in [3.63, 3.8) is 0 Å². The number of nitrogens with zero attached hydrogens (tertiary/aromatic N) is 1. The number of carbonyl (C=O) groups excluding carboxylic acids is 2. The van der Waals surface area contributed by atoms with E-state index in [1.807, 2.05) is 33.3 Å². The van der Waals surface area contributed by atoms with Crippen LogP contribution < -0.4 is 10.2 Å². The minimum Gasteiger partial charge on any atom is -0.756 e. The summed E-state index contributed by atoms with van der Waals surface area (Å²) in [6.45, 7) is 6.85. The molecule has 0 saturated heterocycles. The molecule has 0 bridgehead atoms. The summed E-state index contributed by atoms with van der Waals surface area (Å²) < 4.78 is 30.4. The van der Waals surface area contributed by atoms with Crippen molar-refractivity contribution in [2.24, 2.45) is 0 Å². The topological polar surface area (TPSA) is 114 Å². The van der Waals surface area contributed by atoms with Gasteiger partial charge in [-0.25, -0.2) is 0 Å². The minimum atomic E-state index is -4.70. The number of hydrogen-bond donors (Lipinski definition) is 1. The number of carbonyl (C=O) groups is 2. The highest BCUT2D eigenvalue weighted by molar-refractivity contribution is 7.45. The van der Waals surface area contributed by atoms with Gasteiger partial charge in [0.05, 0.1) is 33.8 Å². The van der Waals surface area contributed by atoms with E-state index in [1.165, 1.54) is 231 Å². The van der Waals surface area contributed by atoms with Crippen LogP contribution in [0.3, 0.4) is 0 Å². The van der Waals surface area contributed by atoms with Gasteiger partial charge in [0.2, 0.25) is 5.91 Å². The third-order valence-corrected chi connectivity index (χ3v) is 16.6. The van der Waals surface area contributed by atoms with E-state index < -0.39 is 20.0 Å². The van der Waals surface area contributed by atoms with Crippen LogP contribution in [-0.4, -0.2) is 69.4 Å². The molecule has 1 N–H and O–H groups in total. The van der Waals surface area contributed by atoms with E-state index in [0.29, 0.717) is 17.4 Å². The summed E-state index contributed by atoms with van der Waals surface area (Å²) in [6, 6.07) is -0.891. The molecule has 0 aliphatic carbocycles. The number of phosphoric ester groups is 1. The molecular formula is C72H135N2O7P. The van der Waals surface area contributed by atoms with Gasteiger partial charge < -0.3 is 28.5 Å². The highest BCUT2D eigenvalue weighted by atomic mass is 31.2. The Morgan fingerprint density at radius 3 is 1.15 bits per heavy atom. The van der Waals surface area contributed by atoms with Gasteiger partial charge in [-0.2, -0.15) is 0 Å². The number of allylic oxidation sites excluding steroid dienone is 9. The van der Waals surface area contributed by atoms with Crippen LogP contribution in [0.25, 0.3) is 0 Å². The summed E-state index contributed by atoms with van der Waals surface area (Å²) in [7, 11) is 1.19. The average Bonchev–Trinajstić information content (AvgIpc) is 3.44. The maximum Gasteiger partial charge on any atom is 0.306 e. The average molecular weight is 1170 g/mol. The van der Waals surface area contributed by atoms with Gasteiger partial charge >= 0.3 is 5.97 Å². The largest absolute Gasteiger partial charge is 0.756 e. The van der Waals surface area contributed by atoms with E-state index in [0.717, 1.165) is 70.6 Å². The summed E-state index contributed by atoms with van der Waals surface area (Å²) in [5, 5.41) is 3.04. The second kappa shape index (κ2) is 61.8. The first-order valence-electron chi connectivity index (χ1n) is 35.1. The maximum atomic E-state index is 13.6. The molecule has 3 atom stereocenters. The van der Waals surface area contributed by atoms with Crippen molar-refractivity contribution in [2.75, 3.05) is 40.9 Å². The molecule has 82 heavy (non-hydrogen) atoms. The highest BCUT2D eigenvalue weighted by Gasteiger charge is 2.27. The van der Waals surface area contributed by atoms with Gasteiger partial charge in [0, 0.05) is 12.8 Å². The Morgan fingerprint density at radius 2 is 0.744 bits per heavy atom. The number of rotatable bonds is 64. The molecule has 480 valence electrons. The van der Waals surface area contributed by atoms with Crippen LogP contribution in [0.2, 0.25) is 0 Å². The van der Waals surface area contributed by atoms with E-state index in [2.05, 4.69) is 74.7 Å². The van der Waals surface area contributed by atoms with Crippen molar-refractivity contribution in [3.8, 4) is 0 Å². The van der Waals surface area contributed by atoms with Crippen molar-refractivity contribution >= 4 is 19.7 Å². The number of likely N-dealkylation sites (N-methyl/N-ethyl adjacent to an activating group) is 1. The predicted octanol–water partition coefficient (Wildman–Crippen LogP) is 21.5. The van der Waals surface area contributed by atoms with Crippen LogP contribution >= 0.6 is 7.82 Å². The number of unbranched alkanes of at least 4 members (excludes halogenated alkanes) is 40. The Kier molecular flexibility index (Phi) is 60.1. The molecule has 0 spiro atoms. The molecule has 9 nitrogen and oxygen atoms in total. The zero-order valence-electron chi connectivity index (χ0n) is 54.9. The van der Waals surface area contributed by atoms with Crippen molar-refractivity contribution < 1.29 is 37.3 Å². The third kappa shape index (κ3) is 62.2. The van der Waals surface area contributed by atoms with Crippen molar-refractivity contribution in [1.29, 1.82) is 0 Å². The van der Waals surface area contributed by atoms with Gasteiger partial charge in [-0.3, -0.25) is 14.2 Å². The summed E-state index contributed by atoms with van der Waals surface area (Å²) in [5.41, 5.74) is 0. The number of esters is 1. The van der Waals surface area contributed by atoms with E-state index in [4.69, 9.17) is 13.8 Å². The molecule has 10 heteroatoms. The zero-order chi connectivity index (χ0) is 60.0. The Hall–Kier alpha value is -2.29. The molecule has 0 aromatic carbocycles. The molecule has 1 amide bonds. The summed E-state index contributed by atoms with van der Waals surface area (Å²) in [4.78, 5) is 40.2. The van der Waals surface area contributed by atoms with Crippen LogP contribution in [0, 0.1) is 0 Å². The van der Waals surface area contributed by atoms with Gasteiger partial charge in [0.15, 0.2) is 0 Å². The normalized spacial score (nSPS) is 13.9. The third-order valence-electron chi connectivity index (χ3n) is 15.7. The first-order chi connectivity index (χ1) is 39.9. The lowest BCUT2D eigenvalue weighted by molar-refractivity contribution is -0.870. The lowest BCUT2D eigenvalue weighted by atomic mass is 10.0. The number of amides is 1. The van der Waals surface area contributed by atoms with E-state index in [-0.39, 0.29) is 31.5 Å². The molecule has 3 unspecified atom stereocenters. The Morgan fingerprint density at radius 1 is 0.427 bits per heavy atom. The smallest absolute Gasteiger partial charge is 0.306 e. The fourth-order valence-electron chi connectivity index (χ4n) is 10.2. The predicted molar refractivity (Wildman–Crippen MR) is 353 cm³/mol. The lowest BCUT2D eigenvalue weighted by Gasteiger charge is -2.30. The van der Waals surface area contributed by atoms with Crippen molar-refractivity contribution in [3.05, 3.63) is 60.8 Å². The van der Waals surface area contributed by atoms with Crippen LogP contribution in [0.15, 0.2) is 60.8 Å². The van der Waals surface area contributed by atoms with E-state index in [9.17, 15) is 19.0 Å². The van der Waals surface area contributed by atoms with Crippen LogP contribution in [0.5, 0.6) is 0 Å². The second-order valence-electron chi connectivity index (χ2n) is 25.0. The number of hydrogen-bond acceptors (Lipinski definition) is 7. The van der Waals surface area contributed by atoms with Crippen LogP contribution in [-0.2, 0) is 27.9 Å². The molecule has 0 aromatic heterocycles. The Balaban J connectivity index is 5.10. The first kappa shape index (κ1) is 79.7. The maximum absolute atomic E-state index is 13.6. The monoisotopic (exact) mass is 1170 g/mol. The molecule has 0 radical (unpaired) electrons. The second-order valence-corrected chi connectivity index (χ2v) is 26.4. The lowest BCUT2D eigenvalue weighted by Crippen LogP contribution is -2.47. The summed E-state index contributed by atoms with van der Waals surface area (Å²) >= 11 is 0. The van der Waals surface area contributed by atoms with Gasteiger partial charge in [-0.15, -0.1) is 0 Å². The quantitative estimate of drug-likeness (QED) is 0.0212. The van der Waals surface area contributed by atoms with Gasteiger partial charge in [-0.1, -0.05) is 287 Å². The molecule has 0 aliphatic heterocycles.